The standard InChI is InChI=1S/C68H44N2O/c1-3-20-54-46(15-1)17-14-26-55(54)50-19-13-18-49(43-50)45-31-37-52(38-32-45)69(63-27-9-6-22-57(63)51-36-42-67-62(44-51)61-41-35-47-16-2-4-23-58(47)68(61)71-67)53-39-33-48(34-40-53)56-21-5-10-28-64(56)70-65-29-11-7-24-59(65)60-25-8-12-30-66(60)70/h1-44H. The van der Waals surface area contributed by atoms with Crippen LogP contribution in [0.2, 0.25) is 0 Å². The summed E-state index contributed by atoms with van der Waals surface area (Å²) in [6, 6.07) is 96.7. The number of fused-ring (bicyclic) bond motifs is 9. The van der Waals surface area contributed by atoms with Crippen LogP contribution >= 0.6 is 0 Å². The third kappa shape index (κ3) is 6.82. The number of aromatic nitrogens is 1. The quantitative estimate of drug-likeness (QED) is 0.151. The van der Waals surface area contributed by atoms with E-state index >= 15 is 0 Å². The van der Waals surface area contributed by atoms with Crippen LogP contribution in [0.5, 0.6) is 0 Å². The number of nitrogens with zero attached hydrogens (tertiary/aromatic N) is 2. The van der Waals surface area contributed by atoms with Gasteiger partial charge in [0.05, 0.1) is 22.4 Å². The lowest BCUT2D eigenvalue weighted by Crippen LogP contribution is -2.11. The molecule has 14 aromatic rings. The van der Waals surface area contributed by atoms with E-state index in [-0.39, 0.29) is 0 Å². The fourth-order valence-electron chi connectivity index (χ4n) is 11.0. The molecule has 0 saturated heterocycles. The van der Waals surface area contributed by atoms with Crippen molar-refractivity contribution in [3.8, 4) is 50.2 Å². The van der Waals surface area contributed by atoms with Crippen LogP contribution < -0.4 is 4.90 Å². The van der Waals surface area contributed by atoms with Crippen molar-refractivity contribution in [3.05, 3.63) is 267 Å². The Kier molecular flexibility index (Phi) is 9.53. The molecular weight excluding hydrogens is 861 g/mol. The number of benzene rings is 12. The Bertz CT molecular complexity index is 4290. The maximum absolute atomic E-state index is 6.58. The van der Waals surface area contributed by atoms with Gasteiger partial charge in [-0.2, -0.15) is 0 Å². The Hall–Kier alpha value is -9.44. The van der Waals surface area contributed by atoms with Crippen molar-refractivity contribution in [2.45, 2.75) is 0 Å². The number of rotatable bonds is 8. The Morgan fingerprint density at radius 3 is 1.59 bits per heavy atom. The Morgan fingerprint density at radius 1 is 0.296 bits per heavy atom. The summed E-state index contributed by atoms with van der Waals surface area (Å²) in [5, 5.41) is 9.51. The first-order valence-electron chi connectivity index (χ1n) is 24.3. The topological polar surface area (TPSA) is 21.3 Å². The number of hydrogen-bond acceptors (Lipinski definition) is 2. The molecule has 0 unspecified atom stereocenters. The molecule has 0 saturated carbocycles. The van der Waals surface area contributed by atoms with E-state index in [9.17, 15) is 0 Å². The third-order valence-corrected chi connectivity index (χ3v) is 14.4. The Morgan fingerprint density at radius 2 is 0.831 bits per heavy atom. The van der Waals surface area contributed by atoms with Gasteiger partial charge in [0.1, 0.15) is 11.2 Å². The number of para-hydroxylation sites is 4. The van der Waals surface area contributed by atoms with Gasteiger partial charge in [-0.05, 0) is 122 Å². The SMILES string of the molecule is c1cc(-c2ccc(N(c3ccc(-c4ccccc4-n4c5ccccc5c5ccccc54)cc3)c3ccccc3-c3ccc4oc5c6ccccc6ccc5c4c3)cc2)cc(-c2cccc3ccccc23)c1. The molecule has 0 aliphatic carbocycles. The number of hydrogen-bond donors (Lipinski definition) is 0. The minimum Gasteiger partial charge on any atom is -0.455 e. The molecule has 0 aliphatic rings. The summed E-state index contributed by atoms with van der Waals surface area (Å²) in [4.78, 5) is 2.40. The van der Waals surface area contributed by atoms with Gasteiger partial charge in [0.15, 0.2) is 0 Å². The molecule has 0 radical (unpaired) electrons. The molecular formula is C68H44N2O. The van der Waals surface area contributed by atoms with Crippen LogP contribution in [0.15, 0.2) is 271 Å². The van der Waals surface area contributed by atoms with Gasteiger partial charge in [-0.3, -0.25) is 0 Å². The normalized spacial score (nSPS) is 11.7. The highest BCUT2D eigenvalue weighted by atomic mass is 16.3. The second kappa shape index (κ2) is 16.7. The van der Waals surface area contributed by atoms with Gasteiger partial charge in [0, 0.05) is 49.4 Å². The van der Waals surface area contributed by atoms with E-state index in [0.717, 1.165) is 72.3 Å². The van der Waals surface area contributed by atoms with Crippen molar-refractivity contribution in [2.75, 3.05) is 4.90 Å². The summed E-state index contributed by atoms with van der Waals surface area (Å²) in [5.41, 5.74) is 17.9. The minimum atomic E-state index is 0.881. The average Bonchev–Trinajstić information content (AvgIpc) is 3.99. The molecule has 3 heteroatoms. The van der Waals surface area contributed by atoms with Crippen LogP contribution in [0.3, 0.4) is 0 Å². The fraction of sp³-hybridized carbons (Fsp3) is 0. The van der Waals surface area contributed by atoms with Crippen molar-refractivity contribution in [3.63, 3.8) is 0 Å². The van der Waals surface area contributed by atoms with E-state index in [0.29, 0.717) is 0 Å². The first-order valence-corrected chi connectivity index (χ1v) is 24.3. The molecule has 0 aliphatic heterocycles. The maximum Gasteiger partial charge on any atom is 0.143 e. The first kappa shape index (κ1) is 40.6. The molecule has 0 atom stereocenters. The highest BCUT2D eigenvalue weighted by Gasteiger charge is 2.21. The van der Waals surface area contributed by atoms with E-state index in [1.165, 1.54) is 60.2 Å². The molecule has 0 spiro atoms. The predicted molar refractivity (Wildman–Crippen MR) is 299 cm³/mol. The van der Waals surface area contributed by atoms with Crippen molar-refractivity contribution in [2.24, 2.45) is 0 Å². The van der Waals surface area contributed by atoms with Crippen LogP contribution in [0, 0.1) is 0 Å². The Balaban J connectivity index is 0.896. The molecule has 3 nitrogen and oxygen atoms in total. The molecule has 0 amide bonds. The maximum atomic E-state index is 6.58. The number of furan rings is 1. The summed E-state index contributed by atoms with van der Waals surface area (Å²) in [6.45, 7) is 0. The first-order chi connectivity index (χ1) is 35.2. The van der Waals surface area contributed by atoms with E-state index in [1.807, 2.05) is 0 Å². The second-order valence-electron chi connectivity index (χ2n) is 18.4. The van der Waals surface area contributed by atoms with Crippen LogP contribution in [0.25, 0.3) is 115 Å². The van der Waals surface area contributed by atoms with E-state index < -0.39 is 0 Å². The van der Waals surface area contributed by atoms with E-state index in [2.05, 4.69) is 276 Å². The van der Waals surface area contributed by atoms with Gasteiger partial charge >= 0.3 is 0 Å². The molecule has 12 aromatic carbocycles. The lowest BCUT2D eigenvalue weighted by Gasteiger charge is -2.28. The lowest BCUT2D eigenvalue weighted by molar-refractivity contribution is 0.672. The summed E-state index contributed by atoms with van der Waals surface area (Å²) >= 11 is 0. The molecule has 2 aromatic heterocycles. The van der Waals surface area contributed by atoms with Gasteiger partial charge in [-0.1, -0.05) is 194 Å². The molecule has 0 bridgehead atoms. The largest absolute Gasteiger partial charge is 0.455 e. The molecule has 0 N–H and O–H groups in total. The highest BCUT2D eigenvalue weighted by Crippen LogP contribution is 2.45. The van der Waals surface area contributed by atoms with Crippen molar-refractivity contribution in [1.82, 2.24) is 4.57 Å². The molecule has 2 heterocycles. The summed E-state index contributed by atoms with van der Waals surface area (Å²) in [6.07, 6.45) is 0. The van der Waals surface area contributed by atoms with Gasteiger partial charge in [-0.25, -0.2) is 0 Å². The highest BCUT2D eigenvalue weighted by molar-refractivity contribution is 6.16. The summed E-state index contributed by atoms with van der Waals surface area (Å²) in [5.74, 6) is 0. The van der Waals surface area contributed by atoms with Crippen molar-refractivity contribution >= 4 is 82.4 Å². The zero-order chi connectivity index (χ0) is 46.8. The molecule has 0 fully saturated rings. The van der Waals surface area contributed by atoms with E-state index in [1.54, 1.807) is 0 Å². The zero-order valence-corrected chi connectivity index (χ0v) is 38.7. The van der Waals surface area contributed by atoms with Gasteiger partial charge < -0.3 is 13.9 Å². The number of anilines is 3. The van der Waals surface area contributed by atoms with Crippen molar-refractivity contribution in [1.29, 1.82) is 0 Å². The van der Waals surface area contributed by atoms with Crippen LogP contribution in [-0.4, -0.2) is 4.57 Å². The molecule has 14 rings (SSSR count). The predicted octanol–water partition coefficient (Wildman–Crippen LogP) is 19.1. The van der Waals surface area contributed by atoms with Gasteiger partial charge in [-0.15, -0.1) is 0 Å². The minimum absolute atomic E-state index is 0.881. The summed E-state index contributed by atoms with van der Waals surface area (Å²) in [7, 11) is 0. The van der Waals surface area contributed by atoms with Crippen molar-refractivity contribution < 1.29 is 4.42 Å². The van der Waals surface area contributed by atoms with Gasteiger partial charge in [0.25, 0.3) is 0 Å². The van der Waals surface area contributed by atoms with Gasteiger partial charge in [0.2, 0.25) is 0 Å². The fourth-order valence-corrected chi connectivity index (χ4v) is 11.0. The van der Waals surface area contributed by atoms with Crippen LogP contribution in [0.4, 0.5) is 17.1 Å². The van der Waals surface area contributed by atoms with E-state index in [4.69, 9.17) is 4.42 Å². The average molecular weight is 905 g/mol. The van der Waals surface area contributed by atoms with Crippen LogP contribution in [0.1, 0.15) is 0 Å². The molecule has 71 heavy (non-hydrogen) atoms. The third-order valence-electron chi connectivity index (χ3n) is 14.4. The molecule has 332 valence electrons. The summed E-state index contributed by atoms with van der Waals surface area (Å²) < 4.78 is 9.00. The Labute approximate surface area is 411 Å². The second-order valence-corrected chi connectivity index (χ2v) is 18.4. The smallest absolute Gasteiger partial charge is 0.143 e. The van der Waals surface area contributed by atoms with Crippen LogP contribution in [-0.2, 0) is 0 Å². The zero-order valence-electron chi connectivity index (χ0n) is 38.7. The monoisotopic (exact) mass is 904 g/mol. The lowest BCUT2D eigenvalue weighted by atomic mass is 9.95.